The van der Waals surface area contributed by atoms with Gasteiger partial charge in [0.2, 0.25) is 0 Å². The Bertz CT molecular complexity index is 426. The van der Waals surface area contributed by atoms with Crippen LogP contribution in [0.5, 0.6) is 0 Å². The number of hydrogen-bond donors (Lipinski definition) is 1. The highest BCUT2D eigenvalue weighted by atomic mass is 15.2. The third-order valence-electron chi connectivity index (χ3n) is 4.49. The summed E-state index contributed by atoms with van der Waals surface area (Å²) in [6.45, 7) is 3.55. The van der Waals surface area contributed by atoms with Gasteiger partial charge in [0.1, 0.15) is 0 Å². The number of piperidine rings is 1. The second-order valence-electron chi connectivity index (χ2n) is 6.21. The van der Waals surface area contributed by atoms with E-state index in [4.69, 9.17) is 0 Å². The third kappa shape index (κ3) is 3.94. The van der Waals surface area contributed by atoms with Crippen molar-refractivity contribution in [1.29, 1.82) is 0 Å². The lowest BCUT2D eigenvalue weighted by Crippen LogP contribution is -2.48. The second-order valence-corrected chi connectivity index (χ2v) is 6.21. The highest BCUT2D eigenvalue weighted by Crippen LogP contribution is 2.17. The molecular weight excluding hydrogens is 244 g/mol. The molecule has 1 fully saturated rings. The van der Waals surface area contributed by atoms with Crippen LogP contribution in [0, 0.1) is 0 Å². The molecule has 0 saturated carbocycles. The first-order valence-corrected chi connectivity index (χ1v) is 8.07. The maximum atomic E-state index is 3.88. The highest BCUT2D eigenvalue weighted by Gasteiger charge is 2.22. The molecule has 2 aliphatic rings. The lowest BCUT2D eigenvalue weighted by molar-refractivity contribution is 0.174. The molecule has 2 unspecified atom stereocenters. The summed E-state index contributed by atoms with van der Waals surface area (Å²) < 4.78 is 0. The summed E-state index contributed by atoms with van der Waals surface area (Å²) >= 11 is 0. The molecule has 1 aromatic carbocycles. The van der Waals surface area contributed by atoms with Gasteiger partial charge >= 0.3 is 0 Å². The van der Waals surface area contributed by atoms with Crippen LogP contribution < -0.4 is 5.32 Å². The maximum absolute atomic E-state index is 3.88. The molecule has 1 N–H and O–H groups in total. The molecule has 1 saturated heterocycles. The molecule has 3 rings (SSSR count). The van der Waals surface area contributed by atoms with Gasteiger partial charge in [-0.3, -0.25) is 4.90 Å². The molecule has 0 amide bonds. The molecule has 2 heteroatoms. The van der Waals surface area contributed by atoms with Gasteiger partial charge in [-0.1, -0.05) is 42.5 Å². The Kier molecular flexibility index (Phi) is 4.88. The van der Waals surface area contributed by atoms with E-state index in [0.717, 1.165) is 6.54 Å². The van der Waals surface area contributed by atoms with Crippen LogP contribution in [0.1, 0.15) is 37.7 Å². The predicted octanol–water partition coefficient (Wildman–Crippen LogP) is 3.35. The van der Waals surface area contributed by atoms with Gasteiger partial charge in [0, 0.05) is 25.2 Å². The van der Waals surface area contributed by atoms with Crippen molar-refractivity contribution >= 4 is 0 Å². The molecule has 0 spiro atoms. The van der Waals surface area contributed by atoms with Crippen LogP contribution in [0.4, 0.5) is 0 Å². The number of rotatable bonds is 4. The summed E-state index contributed by atoms with van der Waals surface area (Å²) in [7, 11) is 0. The number of nitrogens with zero attached hydrogens (tertiary/aromatic N) is 1. The molecule has 1 aliphatic heterocycles. The van der Waals surface area contributed by atoms with Crippen LogP contribution >= 0.6 is 0 Å². The van der Waals surface area contributed by atoms with Crippen LogP contribution in [-0.2, 0) is 6.54 Å². The van der Waals surface area contributed by atoms with Crippen molar-refractivity contribution in [1.82, 2.24) is 10.2 Å². The number of benzene rings is 1. The summed E-state index contributed by atoms with van der Waals surface area (Å²) in [5, 5.41) is 3.88. The Morgan fingerprint density at radius 2 is 1.95 bits per heavy atom. The van der Waals surface area contributed by atoms with Gasteiger partial charge in [-0.2, -0.15) is 0 Å². The Hall–Kier alpha value is -1.12. The minimum atomic E-state index is 0.684. The first-order chi connectivity index (χ1) is 9.90. The van der Waals surface area contributed by atoms with Gasteiger partial charge in [0.15, 0.2) is 0 Å². The van der Waals surface area contributed by atoms with E-state index in [0.29, 0.717) is 12.1 Å². The van der Waals surface area contributed by atoms with E-state index < -0.39 is 0 Å². The normalized spacial score (nSPS) is 27.6. The molecule has 0 radical (unpaired) electrons. The van der Waals surface area contributed by atoms with Crippen molar-refractivity contribution in [2.45, 2.75) is 50.7 Å². The summed E-state index contributed by atoms with van der Waals surface area (Å²) in [6.07, 6.45) is 11.1. The van der Waals surface area contributed by atoms with Crippen molar-refractivity contribution in [3.63, 3.8) is 0 Å². The van der Waals surface area contributed by atoms with Crippen LogP contribution in [-0.4, -0.2) is 30.1 Å². The minimum absolute atomic E-state index is 0.684. The van der Waals surface area contributed by atoms with Gasteiger partial charge in [-0.25, -0.2) is 0 Å². The molecule has 108 valence electrons. The fourth-order valence-corrected chi connectivity index (χ4v) is 3.46. The molecule has 0 aromatic heterocycles. The van der Waals surface area contributed by atoms with Crippen molar-refractivity contribution in [3.05, 3.63) is 48.0 Å². The molecule has 0 bridgehead atoms. The lowest BCUT2D eigenvalue weighted by atomic mass is 9.98. The van der Waals surface area contributed by atoms with Crippen LogP contribution in [0.2, 0.25) is 0 Å². The summed E-state index contributed by atoms with van der Waals surface area (Å²) in [5.41, 5.74) is 1.44. The number of likely N-dealkylation sites (tertiary alicyclic amines) is 1. The number of allylic oxidation sites excluding steroid dienone is 1. The average molecular weight is 270 g/mol. The Morgan fingerprint density at radius 1 is 1.05 bits per heavy atom. The van der Waals surface area contributed by atoms with E-state index in [1.807, 2.05) is 0 Å². The first-order valence-electron chi connectivity index (χ1n) is 8.07. The quantitative estimate of drug-likeness (QED) is 0.844. The zero-order chi connectivity index (χ0) is 13.6. The molecule has 20 heavy (non-hydrogen) atoms. The monoisotopic (exact) mass is 270 g/mol. The second kappa shape index (κ2) is 7.05. The fraction of sp³-hybridized carbons (Fsp3) is 0.556. The van der Waals surface area contributed by atoms with Crippen LogP contribution in [0.25, 0.3) is 0 Å². The van der Waals surface area contributed by atoms with Crippen molar-refractivity contribution < 1.29 is 0 Å². The Morgan fingerprint density at radius 3 is 2.75 bits per heavy atom. The third-order valence-corrected chi connectivity index (χ3v) is 4.49. The fourth-order valence-electron chi connectivity index (χ4n) is 3.46. The number of nitrogens with one attached hydrogen (secondary N) is 1. The van der Waals surface area contributed by atoms with Crippen molar-refractivity contribution in [2.24, 2.45) is 0 Å². The zero-order valence-electron chi connectivity index (χ0n) is 12.3. The number of hydrogen-bond acceptors (Lipinski definition) is 2. The minimum Gasteiger partial charge on any atom is -0.310 e. The van der Waals surface area contributed by atoms with E-state index >= 15 is 0 Å². The largest absolute Gasteiger partial charge is 0.310 e. The molecule has 1 aromatic rings. The van der Waals surface area contributed by atoms with Gasteiger partial charge in [0.25, 0.3) is 0 Å². The van der Waals surface area contributed by atoms with Gasteiger partial charge in [-0.05, 0) is 44.2 Å². The van der Waals surface area contributed by atoms with Gasteiger partial charge < -0.3 is 5.32 Å². The standard InChI is InChI=1S/C18H26N2/c1-3-8-16(9-4-1)14-20-13-7-12-18(15-20)19-17-10-5-2-6-11-17/h1-5,8-9,17-19H,6-7,10-15H2. The van der Waals surface area contributed by atoms with E-state index in [2.05, 4.69) is 52.7 Å². The van der Waals surface area contributed by atoms with E-state index in [1.54, 1.807) is 0 Å². The van der Waals surface area contributed by atoms with E-state index in [-0.39, 0.29) is 0 Å². The van der Waals surface area contributed by atoms with E-state index in [1.165, 1.54) is 50.8 Å². The summed E-state index contributed by atoms with van der Waals surface area (Å²) in [6, 6.07) is 12.3. The molecule has 2 atom stereocenters. The molecular formula is C18H26N2. The molecule has 1 heterocycles. The first kappa shape index (κ1) is 13.8. The summed E-state index contributed by atoms with van der Waals surface area (Å²) in [4.78, 5) is 2.61. The average Bonchev–Trinajstić information content (AvgIpc) is 2.50. The van der Waals surface area contributed by atoms with Crippen LogP contribution in [0.15, 0.2) is 42.5 Å². The highest BCUT2D eigenvalue weighted by molar-refractivity contribution is 5.14. The van der Waals surface area contributed by atoms with Gasteiger partial charge in [0.05, 0.1) is 0 Å². The lowest BCUT2D eigenvalue weighted by Gasteiger charge is -2.35. The topological polar surface area (TPSA) is 15.3 Å². The Balaban J connectivity index is 1.50. The van der Waals surface area contributed by atoms with Gasteiger partial charge in [-0.15, -0.1) is 0 Å². The molecule has 1 aliphatic carbocycles. The Labute approximate surface area is 122 Å². The predicted molar refractivity (Wildman–Crippen MR) is 84.7 cm³/mol. The van der Waals surface area contributed by atoms with Crippen molar-refractivity contribution in [2.75, 3.05) is 13.1 Å². The van der Waals surface area contributed by atoms with Crippen molar-refractivity contribution in [3.8, 4) is 0 Å². The molecule has 2 nitrogen and oxygen atoms in total. The summed E-state index contributed by atoms with van der Waals surface area (Å²) in [5.74, 6) is 0. The smallest absolute Gasteiger partial charge is 0.0234 e. The zero-order valence-corrected chi connectivity index (χ0v) is 12.3. The van der Waals surface area contributed by atoms with E-state index in [9.17, 15) is 0 Å². The maximum Gasteiger partial charge on any atom is 0.0234 e. The van der Waals surface area contributed by atoms with Crippen LogP contribution in [0.3, 0.4) is 0 Å². The SMILES string of the molecule is C1=CCC(NC2CCCN(Cc3ccccc3)C2)CC1.